The van der Waals surface area contributed by atoms with Crippen molar-refractivity contribution in [2.24, 2.45) is 5.41 Å². The maximum absolute atomic E-state index is 13.0. The highest BCUT2D eigenvalue weighted by molar-refractivity contribution is 5.88. The topological polar surface area (TPSA) is 61.1 Å². The largest absolute Gasteiger partial charge is 0.497 e. The van der Waals surface area contributed by atoms with E-state index in [1.165, 1.54) is 0 Å². The summed E-state index contributed by atoms with van der Waals surface area (Å²) in [5, 5.41) is 0.964. The monoisotopic (exact) mass is 359 g/mol. The van der Waals surface area contributed by atoms with Gasteiger partial charge in [-0.25, -0.2) is 0 Å². The minimum atomic E-state index is 0.0379. The van der Waals surface area contributed by atoms with Crippen molar-refractivity contribution in [3.05, 3.63) is 30.0 Å². The first-order chi connectivity index (χ1) is 12.7. The highest BCUT2D eigenvalue weighted by atomic mass is 16.5. The van der Waals surface area contributed by atoms with Crippen LogP contribution in [0, 0.1) is 5.41 Å². The van der Waals surface area contributed by atoms with Crippen molar-refractivity contribution in [1.82, 2.24) is 4.90 Å². The van der Waals surface area contributed by atoms with Gasteiger partial charge in [0.15, 0.2) is 0 Å². The van der Waals surface area contributed by atoms with Gasteiger partial charge in [0.2, 0.25) is 5.91 Å². The van der Waals surface area contributed by atoms with Gasteiger partial charge in [-0.15, -0.1) is 0 Å². The molecule has 0 atom stereocenters. The first-order valence-electron chi connectivity index (χ1n) is 9.17. The van der Waals surface area contributed by atoms with E-state index in [1.807, 2.05) is 23.1 Å². The maximum atomic E-state index is 13.0. The number of hydrogen-bond acceptors (Lipinski definition) is 5. The standard InChI is InChI=1S/C20H25NO5/c1-23-16-2-3-17-15(12-26-18(17)11-16)10-19(22)21-6-9-25-14-20(13-21)4-7-24-8-5-20/h2-3,11-12H,4-10,13-14H2,1H3. The molecule has 2 fully saturated rings. The van der Waals surface area contributed by atoms with Crippen LogP contribution in [-0.2, 0) is 20.7 Å². The lowest BCUT2D eigenvalue weighted by molar-refractivity contribution is -0.132. The van der Waals surface area contributed by atoms with Crippen LogP contribution in [0.3, 0.4) is 0 Å². The van der Waals surface area contributed by atoms with E-state index in [1.54, 1.807) is 13.4 Å². The zero-order chi connectivity index (χ0) is 18.0. The number of nitrogens with zero attached hydrogens (tertiary/aromatic N) is 1. The Balaban J connectivity index is 1.50. The Morgan fingerprint density at radius 2 is 2.08 bits per heavy atom. The summed E-state index contributed by atoms with van der Waals surface area (Å²) in [6.45, 7) is 4.20. The summed E-state index contributed by atoms with van der Waals surface area (Å²) in [5.74, 6) is 0.871. The number of benzene rings is 1. The predicted octanol–water partition coefficient (Wildman–Crippen LogP) is 2.64. The third kappa shape index (κ3) is 3.44. The number of hydrogen-bond donors (Lipinski definition) is 0. The van der Waals surface area contributed by atoms with Gasteiger partial charge in [0.25, 0.3) is 0 Å². The summed E-state index contributed by atoms with van der Waals surface area (Å²) >= 11 is 0. The smallest absolute Gasteiger partial charge is 0.227 e. The quantitative estimate of drug-likeness (QED) is 0.843. The average molecular weight is 359 g/mol. The van der Waals surface area contributed by atoms with Crippen molar-refractivity contribution in [2.75, 3.05) is 46.6 Å². The number of furan rings is 1. The summed E-state index contributed by atoms with van der Waals surface area (Å²) in [6, 6.07) is 5.69. The molecule has 2 aliphatic rings. The Kier molecular flexibility index (Phi) is 4.87. The van der Waals surface area contributed by atoms with Crippen molar-refractivity contribution in [2.45, 2.75) is 19.3 Å². The number of amides is 1. The Morgan fingerprint density at radius 3 is 2.88 bits per heavy atom. The van der Waals surface area contributed by atoms with Crippen LogP contribution in [0.15, 0.2) is 28.9 Å². The van der Waals surface area contributed by atoms with Crippen molar-refractivity contribution >= 4 is 16.9 Å². The van der Waals surface area contributed by atoms with Crippen molar-refractivity contribution in [1.29, 1.82) is 0 Å². The molecular weight excluding hydrogens is 334 g/mol. The van der Waals surface area contributed by atoms with E-state index in [0.717, 1.165) is 54.9 Å². The number of carbonyl (C=O) groups is 1. The zero-order valence-electron chi connectivity index (χ0n) is 15.2. The van der Waals surface area contributed by atoms with Crippen LogP contribution in [0.4, 0.5) is 0 Å². The highest BCUT2D eigenvalue weighted by Crippen LogP contribution is 2.34. The second-order valence-corrected chi connectivity index (χ2v) is 7.28. The Morgan fingerprint density at radius 1 is 1.23 bits per heavy atom. The summed E-state index contributed by atoms with van der Waals surface area (Å²) in [7, 11) is 1.63. The Bertz CT molecular complexity index is 778. The molecule has 3 heterocycles. The highest BCUT2D eigenvalue weighted by Gasteiger charge is 2.37. The lowest BCUT2D eigenvalue weighted by Gasteiger charge is -2.38. The van der Waals surface area contributed by atoms with E-state index in [9.17, 15) is 4.79 Å². The maximum Gasteiger partial charge on any atom is 0.227 e. The van der Waals surface area contributed by atoms with Crippen molar-refractivity contribution < 1.29 is 23.4 Å². The molecule has 0 bridgehead atoms. The summed E-state index contributed by atoms with van der Waals surface area (Å²) in [5.41, 5.74) is 1.70. The lowest BCUT2D eigenvalue weighted by Crippen LogP contribution is -2.45. The van der Waals surface area contributed by atoms with Gasteiger partial charge in [-0.1, -0.05) is 0 Å². The summed E-state index contributed by atoms with van der Waals surface area (Å²) < 4.78 is 22.2. The van der Waals surface area contributed by atoms with Crippen LogP contribution in [0.2, 0.25) is 0 Å². The molecule has 0 N–H and O–H groups in total. The fourth-order valence-electron chi connectivity index (χ4n) is 3.91. The molecule has 26 heavy (non-hydrogen) atoms. The number of ether oxygens (including phenoxy) is 3. The molecule has 0 radical (unpaired) electrons. The van der Waals surface area contributed by atoms with Crippen LogP contribution >= 0.6 is 0 Å². The van der Waals surface area contributed by atoms with Gasteiger partial charge in [-0.05, 0) is 25.0 Å². The third-order valence-corrected chi connectivity index (χ3v) is 5.55. The average Bonchev–Trinajstić information content (AvgIpc) is 2.95. The summed E-state index contributed by atoms with van der Waals surface area (Å²) in [4.78, 5) is 14.9. The van der Waals surface area contributed by atoms with E-state index in [-0.39, 0.29) is 11.3 Å². The normalized spacial score (nSPS) is 20.3. The molecule has 2 aromatic rings. The van der Waals surface area contributed by atoms with E-state index >= 15 is 0 Å². The van der Waals surface area contributed by atoms with Crippen LogP contribution in [0.5, 0.6) is 5.75 Å². The Labute approximate surface area is 153 Å². The molecule has 2 aliphatic heterocycles. The molecule has 0 aliphatic carbocycles. The molecule has 0 saturated carbocycles. The predicted molar refractivity (Wildman–Crippen MR) is 96.4 cm³/mol. The molecule has 6 heteroatoms. The van der Waals surface area contributed by atoms with E-state index in [2.05, 4.69) is 0 Å². The molecule has 4 rings (SSSR count). The van der Waals surface area contributed by atoms with Gasteiger partial charge in [0.05, 0.1) is 33.0 Å². The number of methoxy groups -OCH3 is 1. The molecule has 1 spiro atoms. The van der Waals surface area contributed by atoms with E-state index in [0.29, 0.717) is 26.2 Å². The van der Waals surface area contributed by atoms with Gasteiger partial charge in [0.1, 0.15) is 11.3 Å². The first kappa shape index (κ1) is 17.4. The molecule has 2 saturated heterocycles. The van der Waals surface area contributed by atoms with Crippen molar-refractivity contribution in [3.63, 3.8) is 0 Å². The fourth-order valence-corrected chi connectivity index (χ4v) is 3.91. The SMILES string of the molecule is COc1ccc2c(CC(=O)N3CCOCC4(CCOCC4)C3)coc2c1. The summed E-state index contributed by atoms with van der Waals surface area (Å²) in [6.07, 6.45) is 3.92. The minimum Gasteiger partial charge on any atom is -0.497 e. The molecule has 6 nitrogen and oxygen atoms in total. The van der Waals surface area contributed by atoms with Crippen LogP contribution in [0.25, 0.3) is 11.0 Å². The van der Waals surface area contributed by atoms with Crippen LogP contribution < -0.4 is 4.74 Å². The molecule has 1 aromatic carbocycles. The molecular formula is C20H25NO5. The lowest BCUT2D eigenvalue weighted by atomic mass is 9.80. The van der Waals surface area contributed by atoms with Gasteiger partial charge in [-0.3, -0.25) is 4.79 Å². The third-order valence-electron chi connectivity index (χ3n) is 5.55. The van der Waals surface area contributed by atoms with Crippen molar-refractivity contribution in [3.8, 4) is 5.75 Å². The second kappa shape index (κ2) is 7.29. The number of carbonyl (C=O) groups excluding carboxylic acids is 1. The van der Waals surface area contributed by atoms with Crippen LogP contribution in [-0.4, -0.2) is 57.4 Å². The molecule has 140 valence electrons. The molecule has 1 aromatic heterocycles. The first-order valence-corrected chi connectivity index (χ1v) is 9.17. The van der Waals surface area contributed by atoms with E-state index in [4.69, 9.17) is 18.6 Å². The van der Waals surface area contributed by atoms with Gasteiger partial charge < -0.3 is 23.5 Å². The fraction of sp³-hybridized carbons (Fsp3) is 0.550. The Hall–Kier alpha value is -2.05. The minimum absolute atomic E-state index is 0.0379. The number of fused-ring (bicyclic) bond motifs is 1. The molecule has 1 amide bonds. The van der Waals surface area contributed by atoms with E-state index < -0.39 is 0 Å². The van der Waals surface area contributed by atoms with Crippen LogP contribution in [0.1, 0.15) is 18.4 Å². The van der Waals surface area contributed by atoms with Gasteiger partial charge in [0, 0.05) is 48.7 Å². The zero-order valence-corrected chi connectivity index (χ0v) is 15.2. The second-order valence-electron chi connectivity index (χ2n) is 7.28. The van der Waals surface area contributed by atoms with Gasteiger partial charge in [-0.2, -0.15) is 0 Å². The number of rotatable bonds is 3. The molecule has 0 unspecified atom stereocenters. The van der Waals surface area contributed by atoms with Gasteiger partial charge >= 0.3 is 0 Å².